The Balaban J connectivity index is 1.83. The highest BCUT2D eigenvalue weighted by molar-refractivity contribution is 7.91. The highest BCUT2D eigenvalue weighted by Crippen LogP contribution is 2.31. The first-order chi connectivity index (χ1) is 13.4. The molecular weight excluding hydrogens is 394 g/mol. The first kappa shape index (κ1) is 20.1. The van der Waals surface area contributed by atoms with Crippen molar-refractivity contribution in [3.63, 3.8) is 0 Å². The maximum atomic E-state index is 13.2. The van der Waals surface area contributed by atoms with Crippen LogP contribution < -0.4 is 10.1 Å². The monoisotopic (exact) mass is 415 g/mol. The number of carbonyl (C=O) groups is 1. The van der Waals surface area contributed by atoms with E-state index in [2.05, 4.69) is 5.32 Å². The third-order valence-corrected chi connectivity index (χ3v) is 7.62. The van der Waals surface area contributed by atoms with Gasteiger partial charge in [0.15, 0.2) is 9.84 Å². The zero-order chi connectivity index (χ0) is 20.1. The molecule has 28 heavy (non-hydrogen) atoms. The number of benzene rings is 2. The quantitative estimate of drug-likeness (QED) is 0.633. The lowest BCUT2D eigenvalue weighted by Gasteiger charge is -2.18. The second-order valence-corrected chi connectivity index (χ2v) is 9.41. The summed E-state index contributed by atoms with van der Waals surface area (Å²) in [6, 6.07) is 17.0. The van der Waals surface area contributed by atoms with E-state index < -0.39 is 15.1 Å². The summed E-state index contributed by atoms with van der Waals surface area (Å²) in [6.07, 6.45) is 0. The van der Waals surface area contributed by atoms with Gasteiger partial charge in [0.1, 0.15) is 11.0 Å². The topological polar surface area (TPSA) is 72.5 Å². The number of thiophene rings is 1. The number of hydrogen-bond donors (Lipinski definition) is 1. The van der Waals surface area contributed by atoms with E-state index in [1.165, 1.54) is 11.3 Å². The zero-order valence-corrected chi connectivity index (χ0v) is 17.2. The number of hydrogen-bond acceptors (Lipinski definition) is 5. The van der Waals surface area contributed by atoms with Crippen LogP contribution in [-0.4, -0.2) is 28.0 Å². The van der Waals surface area contributed by atoms with Crippen LogP contribution in [0.15, 0.2) is 70.9 Å². The van der Waals surface area contributed by atoms with Crippen molar-refractivity contribution in [3.8, 4) is 5.75 Å². The number of amides is 1. The molecule has 0 aliphatic heterocycles. The average Bonchev–Trinajstić information content (AvgIpc) is 3.22. The molecule has 5 nitrogen and oxygen atoms in total. The van der Waals surface area contributed by atoms with Gasteiger partial charge < -0.3 is 10.1 Å². The molecule has 3 aromatic rings. The first-order valence-corrected chi connectivity index (χ1v) is 11.1. The molecule has 0 saturated carbocycles. The van der Waals surface area contributed by atoms with Crippen molar-refractivity contribution in [2.75, 3.05) is 13.7 Å². The Hall–Kier alpha value is -2.64. The molecule has 1 aromatic heterocycles. The molecule has 1 N–H and O–H groups in total. The second-order valence-electron chi connectivity index (χ2n) is 6.30. The Bertz CT molecular complexity index is 1030. The zero-order valence-electron chi connectivity index (χ0n) is 15.6. The molecule has 7 heteroatoms. The first-order valence-electron chi connectivity index (χ1n) is 8.68. The van der Waals surface area contributed by atoms with Crippen molar-refractivity contribution in [2.45, 2.75) is 17.1 Å². The summed E-state index contributed by atoms with van der Waals surface area (Å²) in [6.45, 7) is 1.89. The number of rotatable bonds is 7. The molecule has 0 bridgehead atoms. The Kier molecular flexibility index (Phi) is 6.16. The molecule has 0 aliphatic carbocycles. The third-order valence-electron chi connectivity index (χ3n) is 4.38. The fraction of sp³-hybridized carbons (Fsp3) is 0.190. The lowest BCUT2D eigenvalue weighted by atomic mass is 10.2. The number of carbonyl (C=O) groups excluding carboxylic acids is 1. The van der Waals surface area contributed by atoms with Crippen LogP contribution in [0.25, 0.3) is 0 Å². The standard InChI is InChI=1S/C21H21NO4S2/c1-15-5-11-18(12-6-15)28(24,25)20(19-4-3-13-27-19)14-22-21(23)16-7-9-17(26-2)10-8-16/h3-13,20H,14H2,1-2H3,(H,22,23)/t20-/m0/s1. The lowest BCUT2D eigenvalue weighted by molar-refractivity contribution is 0.0953. The summed E-state index contributed by atoms with van der Waals surface area (Å²) in [5.74, 6) is 0.318. The second kappa shape index (κ2) is 8.58. The minimum atomic E-state index is -3.65. The number of aryl methyl sites for hydroxylation is 1. The van der Waals surface area contributed by atoms with E-state index in [1.54, 1.807) is 61.7 Å². The molecule has 0 fully saturated rings. The minimum Gasteiger partial charge on any atom is -0.497 e. The molecule has 0 spiro atoms. The molecule has 1 atom stereocenters. The summed E-state index contributed by atoms with van der Waals surface area (Å²) in [7, 11) is -2.10. The molecule has 146 valence electrons. The third kappa shape index (κ3) is 4.43. The average molecular weight is 416 g/mol. The summed E-state index contributed by atoms with van der Waals surface area (Å²) in [5, 5.41) is 3.74. The van der Waals surface area contributed by atoms with Crippen molar-refractivity contribution in [3.05, 3.63) is 82.0 Å². The van der Waals surface area contributed by atoms with Gasteiger partial charge in [-0.25, -0.2) is 8.42 Å². The predicted molar refractivity (Wildman–Crippen MR) is 111 cm³/mol. The van der Waals surface area contributed by atoms with Gasteiger partial charge in [0.25, 0.3) is 5.91 Å². The molecule has 0 aliphatic rings. The SMILES string of the molecule is COc1ccc(C(=O)NC[C@@H](c2cccs2)S(=O)(=O)c2ccc(C)cc2)cc1. The molecule has 3 rings (SSSR count). The van der Waals surface area contributed by atoms with E-state index >= 15 is 0 Å². The van der Waals surface area contributed by atoms with Gasteiger partial charge in [-0.1, -0.05) is 23.8 Å². The molecule has 0 unspecified atom stereocenters. The van der Waals surface area contributed by atoms with Crippen molar-refractivity contribution in [2.24, 2.45) is 0 Å². The van der Waals surface area contributed by atoms with Crippen LogP contribution in [0, 0.1) is 6.92 Å². The highest BCUT2D eigenvalue weighted by atomic mass is 32.2. The summed E-state index contributed by atoms with van der Waals surface area (Å²) < 4.78 is 31.5. The summed E-state index contributed by atoms with van der Waals surface area (Å²) in [4.78, 5) is 13.4. The number of ether oxygens (including phenoxy) is 1. The summed E-state index contributed by atoms with van der Waals surface area (Å²) >= 11 is 1.36. The fourth-order valence-corrected chi connectivity index (χ4v) is 5.54. The molecule has 0 saturated heterocycles. The van der Waals surface area contributed by atoms with Crippen LogP contribution in [0.1, 0.15) is 26.0 Å². The Morgan fingerprint density at radius 2 is 1.75 bits per heavy atom. The highest BCUT2D eigenvalue weighted by Gasteiger charge is 2.30. The van der Waals surface area contributed by atoms with Crippen LogP contribution in [0.2, 0.25) is 0 Å². The van der Waals surface area contributed by atoms with E-state index in [4.69, 9.17) is 4.74 Å². The molecule has 0 radical (unpaired) electrons. The van der Waals surface area contributed by atoms with Gasteiger partial charge in [-0.2, -0.15) is 0 Å². The Labute approximate surface area is 168 Å². The van der Waals surface area contributed by atoms with Crippen molar-refractivity contribution >= 4 is 27.1 Å². The van der Waals surface area contributed by atoms with Gasteiger partial charge in [-0.15, -0.1) is 11.3 Å². The van der Waals surface area contributed by atoms with Crippen molar-refractivity contribution in [1.82, 2.24) is 5.32 Å². The van der Waals surface area contributed by atoms with E-state index in [0.717, 1.165) is 5.56 Å². The molecular formula is C21H21NO4S2. The van der Waals surface area contributed by atoms with Crippen LogP contribution in [0.5, 0.6) is 5.75 Å². The van der Waals surface area contributed by atoms with E-state index in [1.807, 2.05) is 18.4 Å². The van der Waals surface area contributed by atoms with Gasteiger partial charge >= 0.3 is 0 Å². The van der Waals surface area contributed by atoms with Gasteiger partial charge in [0.05, 0.1) is 12.0 Å². The van der Waals surface area contributed by atoms with Crippen molar-refractivity contribution in [1.29, 1.82) is 0 Å². The number of methoxy groups -OCH3 is 1. The van der Waals surface area contributed by atoms with Crippen LogP contribution >= 0.6 is 11.3 Å². The van der Waals surface area contributed by atoms with Crippen molar-refractivity contribution < 1.29 is 17.9 Å². The van der Waals surface area contributed by atoms with Crippen LogP contribution in [-0.2, 0) is 9.84 Å². The van der Waals surface area contributed by atoms with Gasteiger partial charge in [0, 0.05) is 17.0 Å². The Morgan fingerprint density at radius 1 is 1.07 bits per heavy atom. The fourth-order valence-electron chi connectivity index (χ4n) is 2.76. The molecule has 1 heterocycles. The minimum absolute atomic E-state index is 0.0123. The van der Waals surface area contributed by atoms with Crippen LogP contribution in [0.4, 0.5) is 0 Å². The van der Waals surface area contributed by atoms with E-state index in [0.29, 0.717) is 16.2 Å². The largest absolute Gasteiger partial charge is 0.497 e. The smallest absolute Gasteiger partial charge is 0.251 e. The number of nitrogens with one attached hydrogen (secondary N) is 1. The normalized spacial score (nSPS) is 12.4. The van der Waals surface area contributed by atoms with Gasteiger partial charge in [-0.05, 0) is 54.8 Å². The lowest BCUT2D eigenvalue weighted by Crippen LogP contribution is -2.31. The van der Waals surface area contributed by atoms with E-state index in [9.17, 15) is 13.2 Å². The van der Waals surface area contributed by atoms with Crippen LogP contribution in [0.3, 0.4) is 0 Å². The van der Waals surface area contributed by atoms with Gasteiger partial charge in [-0.3, -0.25) is 4.79 Å². The van der Waals surface area contributed by atoms with Gasteiger partial charge in [0.2, 0.25) is 0 Å². The predicted octanol–water partition coefficient (Wildman–Crippen LogP) is 4.01. The molecule has 2 aromatic carbocycles. The Morgan fingerprint density at radius 3 is 2.32 bits per heavy atom. The summed E-state index contributed by atoms with van der Waals surface area (Å²) in [5.41, 5.74) is 1.43. The molecule has 1 amide bonds. The number of sulfone groups is 1. The maximum Gasteiger partial charge on any atom is 0.251 e. The van der Waals surface area contributed by atoms with E-state index in [-0.39, 0.29) is 17.3 Å². The maximum absolute atomic E-state index is 13.2.